The molecule has 24 heavy (non-hydrogen) atoms. The van der Waals surface area contributed by atoms with Crippen LogP contribution in [0.4, 0.5) is 0 Å². The third-order valence-electron chi connectivity index (χ3n) is 3.43. The van der Waals surface area contributed by atoms with E-state index >= 15 is 0 Å². The minimum Gasteiger partial charge on any atom is -0.380 e. The molecule has 0 fully saturated rings. The molecule has 1 aromatic heterocycles. The number of hydrogen-bond acceptors (Lipinski definition) is 4. The monoisotopic (exact) mass is 460 g/mol. The molecule has 0 spiro atoms. The summed E-state index contributed by atoms with van der Waals surface area (Å²) in [6.07, 6.45) is 0. The molecule has 1 aromatic carbocycles. The summed E-state index contributed by atoms with van der Waals surface area (Å²) >= 11 is 1.72. The van der Waals surface area contributed by atoms with Crippen LogP contribution >= 0.6 is 35.3 Å². The van der Waals surface area contributed by atoms with E-state index in [4.69, 9.17) is 4.74 Å². The highest BCUT2D eigenvalue weighted by Crippen LogP contribution is 2.16. The lowest BCUT2D eigenvalue weighted by Crippen LogP contribution is -2.36. The molecule has 0 aliphatic rings. The van der Waals surface area contributed by atoms with Gasteiger partial charge in [0.1, 0.15) is 0 Å². The number of aromatic nitrogens is 1. The molecule has 0 amide bonds. The van der Waals surface area contributed by atoms with Gasteiger partial charge >= 0.3 is 0 Å². The van der Waals surface area contributed by atoms with Crippen molar-refractivity contribution in [3.8, 4) is 0 Å². The number of guanidine groups is 1. The van der Waals surface area contributed by atoms with E-state index in [2.05, 4.69) is 44.9 Å². The van der Waals surface area contributed by atoms with Crippen LogP contribution in [0.25, 0.3) is 0 Å². The van der Waals surface area contributed by atoms with Gasteiger partial charge in [-0.25, -0.2) is 4.98 Å². The maximum atomic E-state index is 5.12. The largest absolute Gasteiger partial charge is 0.380 e. The molecule has 0 saturated heterocycles. The van der Waals surface area contributed by atoms with E-state index in [1.165, 1.54) is 16.0 Å². The minimum atomic E-state index is 0. The van der Waals surface area contributed by atoms with Gasteiger partial charge in [-0.15, -0.1) is 35.3 Å². The predicted molar refractivity (Wildman–Crippen MR) is 111 cm³/mol. The molecule has 0 bridgehead atoms. The van der Waals surface area contributed by atoms with E-state index in [1.807, 2.05) is 13.8 Å². The number of aliphatic imine (C=N–C) groups is 1. The SMILES string of the molecule is CN=C(NCc1ccc(COC)cc1)NCc1sc(C)nc1C.I. The van der Waals surface area contributed by atoms with Gasteiger partial charge in [-0.05, 0) is 25.0 Å². The topological polar surface area (TPSA) is 58.5 Å². The van der Waals surface area contributed by atoms with Crippen molar-refractivity contribution in [2.45, 2.75) is 33.5 Å². The Kier molecular flexibility index (Phi) is 9.24. The molecule has 2 N–H and O–H groups in total. The number of benzene rings is 1. The van der Waals surface area contributed by atoms with Crippen LogP contribution in [0.2, 0.25) is 0 Å². The van der Waals surface area contributed by atoms with Crippen molar-refractivity contribution in [3.05, 3.63) is 51.0 Å². The van der Waals surface area contributed by atoms with E-state index in [1.54, 1.807) is 25.5 Å². The number of ether oxygens (including phenoxy) is 1. The van der Waals surface area contributed by atoms with Gasteiger partial charge in [0.25, 0.3) is 0 Å². The van der Waals surface area contributed by atoms with Crippen molar-refractivity contribution in [3.63, 3.8) is 0 Å². The molecule has 2 aromatic rings. The third kappa shape index (κ3) is 6.37. The number of nitrogens with zero attached hydrogens (tertiary/aromatic N) is 2. The lowest BCUT2D eigenvalue weighted by Gasteiger charge is -2.12. The highest BCUT2D eigenvalue weighted by Gasteiger charge is 2.05. The van der Waals surface area contributed by atoms with E-state index in [0.29, 0.717) is 6.61 Å². The second-order valence-electron chi connectivity index (χ2n) is 5.27. The molecule has 0 radical (unpaired) electrons. The zero-order chi connectivity index (χ0) is 16.7. The van der Waals surface area contributed by atoms with Crippen LogP contribution in [0.5, 0.6) is 0 Å². The molecule has 5 nitrogen and oxygen atoms in total. The van der Waals surface area contributed by atoms with Crippen LogP contribution in [0, 0.1) is 13.8 Å². The van der Waals surface area contributed by atoms with Gasteiger partial charge in [0.2, 0.25) is 0 Å². The second-order valence-corrected chi connectivity index (χ2v) is 6.56. The molecule has 0 unspecified atom stereocenters. The number of aryl methyl sites for hydroxylation is 2. The minimum absolute atomic E-state index is 0. The van der Waals surface area contributed by atoms with E-state index in [9.17, 15) is 0 Å². The Bertz CT molecular complexity index is 655. The van der Waals surface area contributed by atoms with Crippen molar-refractivity contribution >= 4 is 41.3 Å². The fraction of sp³-hybridized carbons (Fsp3) is 0.412. The first-order valence-electron chi connectivity index (χ1n) is 7.56. The van der Waals surface area contributed by atoms with Crippen LogP contribution in [-0.2, 0) is 24.4 Å². The Morgan fingerprint density at radius 3 is 2.29 bits per heavy atom. The van der Waals surface area contributed by atoms with Gasteiger partial charge in [-0.1, -0.05) is 24.3 Å². The normalized spacial score (nSPS) is 11.1. The zero-order valence-electron chi connectivity index (χ0n) is 14.5. The van der Waals surface area contributed by atoms with E-state index in [-0.39, 0.29) is 24.0 Å². The third-order valence-corrected chi connectivity index (χ3v) is 4.51. The fourth-order valence-corrected chi connectivity index (χ4v) is 3.10. The molecule has 0 atom stereocenters. The number of halogens is 1. The standard InChI is InChI=1S/C17H24N4OS.HI/c1-12-16(23-13(2)21-12)10-20-17(18-3)19-9-14-5-7-15(8-6-14)11-22-4;/h5-8H,9-11H2,1-4H3,(H2,18,19,20);1H. The number of thiazole rings is 1. The average Bonchev–Trinajstić information content (AvgIpc) is 2.87. The van der Waals surface area contributed by atoms with Gasteiger partial charge in [-0.2, -0.15) is 0 Å². The summed E-state index contributed by atoms with van der Waals surface area (Å²) in [7, 11) is 3.49. The Hall–Kier alpha value is -1.19. The molecule has 7 heteroatoms. The van der Waals surface area contributed by atoms with E-state index in [0.717, 1.165) is 29.8 Å². The summed E-state index contributed by atoms with van der Waals surface area (Å²) < 4.78 is 5.12. The van der Waals surface area contributed by atoms with Crippen LogP contribution < -0.4 is 10.6 Å². The molecule has 0 aliphatic heterocycles. The highest BCUT2D eigenvalue weighted by molar-refractivity contribution is 14.0. The van der Waals surface area contributed by atoms with Gasteiger partial charge in [0.15, 0.2) is 5.96 Å². The molecule has 132 valence electrons. The van der Waals surface area contributed by atoms with Crippen molar-refractivity contribution in [2.75, 3.05) is 14.2 Å². The Morgan fingerprint density at radius 2 is 1.75 bits per heavy atom. The number of methoxy groups -OCH3 is 1. The Balaban J connectivity index is 0.00000288. The molecular formula is C17H25IN4OS. The maximum absolute atomic E-state index is 5.12. The zero-order valence-corrected chi connectivity index (χ0v) is 17.7. The molecule has 0 aliphatic carbocycles. The number of hydrogen-bond donors (Lipinski definition) is 2. The predicted octanol–water partition coefficient (Wildman–Crippen LogP) is 3.39. The first-order chi connectivity index (χ1) is 11.1. The summed E-state index contributed by atoms with van der Waals surface area (Å²) in [5, 5.41) is 7.75. The van der Waals surface area contributed by atoms with Gasteiger partial charge in [0, 0.05) is 25.6 Å². The van der Waals surface area contributed by atoms with Gasteiger partial charge in [0.05, 0.1) is 23.9 Å². The maximum Gasteiger partial charge on any atom is 0.191 e. The summed E-state index contributed by atoms with van der Waals surface area (Å²) in [5.41, 5.74) is 3.47. The summed E-state index contributed by atoms with van der Waals surface area (Å²) in [5.74, 6) is 0.788. The molecular weight excluding hydrogens is 435 g/mol. The summed E-state index contributed by atoms with van der Waals surface area (Å²) in [6.45, 7) is 6.18. The van der Waals surface area contributed by atoms with Crippen LogP contribution in [0.3, 0.4) is 0 Å². The Labute approximate surface area is 165 Å². The number of nitrogens with one attached hydrogen (secondary N) is 2. The van der Waals surface area contributed by atoms with Crippen molar-refractivity contribution in [1.29, 1.82) is 0 Å². The first kappa shape index (κ1) is 20.9. The number of rotatable bonds is 6. The fourth-order valence-electron chi connectivity index (χ4n) is 2.23. The molecule has 1 heterocycles. The Morgan fingerprint density at radius 1 is 1.12 bits per heavy atom. The van der Waals surface area contributed by atoms with Crippen molar-refractivity contribution in [1.82, 2.24) is 15.6 Å². The first-order valence-corrected chi connectivity index (χ1v) is 8.38. The summed E-state index contributed by atoms with van der Waals surface area (Å²) in [6, 6.07) is 8.37. The second kappa shape index (κ2) is 10.6. The highest BCUT2D eigenvalue weighted by atomic mass is 127. The quantitative estimate of drug-likeness (QED) is 0.394. The van der Waals surface area contributed by atoms with Crippen molar-refractivity contribution in [2.24, 2.45) is 4.99 Å². The average molecular weight is 460 g/mol. The smallest absolute Gasteiger partial charge is 0.191 e. The lowest BCUT2D eigenvalue weighted by atomic mass is 10.1. The van der Waals surface area contributed by atoms with Crippen molar-refractivity contribution < 1.29 is 4.74 Å². The van der Waals surface area contributed by atoms with E-state index < -0.39 is 0 Å². The van der Waals surface area contributed by atoms with Crippen LogP contribution in [0.15, 0.2) is 29.3 Å². The van der Waals surface area contributed by atoms with Crippen LogP contribution in [0.1, 0.15) is 26.7 Å². The van der Waals surface area contributed by atoms with Gasteiger partial charge in [-0.3, -0.25) is 4.99 Å². The molecule has 2 rings (SSSR count). The van der Waals surface area contributed by atoms with Gasteiger partial charge < -0.3 is 15.4 Å². The lowest BCUT2D eigenvalue weighted by molar-refractivity contribution is 0.185. The molecule has 0 saturated carbocycles. The van der Waals surface area contributed by atoms with Crippen LogP contribution in [-0.4, -0.2) is 25.1 Å². The summed E-state index contributed by atoms with van der Waals surface area (Å²) in [4.78, 5) is 9.94.